The molecule has 0 unspecified atom stereocenters. The van der Waals surface area contributed by atoms with E-state index in [2.05, 4.69) is 0 Å². The van der Waals surface area contributed by atoms with Gasteiger partial charge in [-0.2, -0.15) is 0 Å². The Morgan fingerprint density at radius 1 is 1.00 bits per heavy atom. The lowest BCUT2D eigenvalue weighted by Gasteiger charge is -2.01. The summed E-state index contributed by atoms with van der Waals surface area (Å²) < 4.78 is 4.97. The second kappa shape index (κ2) is 5.75. The fourth-order valence-corrected chi connectivity index (χ4v) is 1.48. The van der Waals surface area contributed by atoms with Crippen LogP contribution in [-0.4, -0.2) is 10.9 Å². The number of nitrogens with zero attached hydrogens (tertiary/aromatic N) is 1. The third-order valence-corrected chi connectivity index (χ3v) is 2.48. The van der Waals surface area contributed by atoms with Gasteiger partial charge in [-0.25, -0.2) is 4.79 Å². The van der Waals surface area contributed by atoms with Gasteiger partial charge in [0.05, 0.1) is 10.5 Å². The summed E-state index contributed by atoms with van der Waals surface area (Å²) in [5.74, 6) is -0.846. The van der Waals surface area contributed by atoms with Crippen LogP contribution >= 0.6 is 0 Å². The predicted octanol–water partition coefficient (Wildman–Crippen LogP) is 2.17. The van der Waals surface area contributed by atoms with Crippen molar-refractivity contribution in [3.8, 4) is 5.75 Å². The largest absolute Gasteiger partial charge is 0.419 e. The molecular weight excluding hydrogens is 262 g/mol. The van der Waals surface area contributed by atoms with Gasteiger partial charge in [0.2, 0.25) is 5.43 Å². The zero-order valence-electron chi connectivity index (χ0n) is 10.2. The number of nitro benzene ring substituents is 1. The summed E-state index contributed by atoms with van der Waals surface area (Å²) in [7, 11) is 0. The molecule has 0 aliphatic rings. The first-order valence-corrected chi connectivity index (χ1v) is 5.64. The van der Waals surface area contributed by atoms with E-state index in [1.54, 1.807) is 12.1 Å². The van der Waals surface area contributed by atoms with Crippen LogP contribution in [0.1, 0.15) is 10.4 Å². The Kier molecular flexibility index (Phi) is 3.85. The maximum atomic E-state index is 11.8. The molecule has 0 atom stereocenters. The van der Waals surface area contributed by atoms with Crippen molar-refractivity contribution in [2.45, 2.75) is 0 Å². The Morgan fingerprint density at radius 2 is 1.65 bits per heavy atom. The summed E-state index contributed by atoms with van der Waals surface area (Å²) in [5.41, 5.74) is -0.427. The Balaban J connectivity index is 2.22. The van der Waals surface area contributed by atoms with Gasteiger partial charge in [-0.15, -0.1) is 0 Å². The fourth-order valence-electron chi connectivity index (χ4n) is 1.48. The second-order valence-electron chi connectivity index (χ2n) is 3.83. The number of rotatable bonds is 3. The number of benzene rings is 1. The molecule has 0 aromatic heterocycles. The highest BCUT2D eigenvalue weighted by molar-refractivity contribution is 5.91. The Labute approximate surface area is 113 Å². The van der Waals surface area contributed by atoms with E-state index in [0.717, 1.165) is 0 Å². The molecule has 0 radical (unpaired) electrons. The van der Waals surface area contributed by atoms with E-state index in [1.165, 1.54) is 42.5 Å². The van der Waals surface area contributed by atoms with Crippen LogP contribution in [0.3, 0.4) is 0 Å². The summed E-state index contributed by atoms with van der Waals surface area (Å²) in [6, 6.07) is 12.3. The standard InChI is InChI=1S/C14H9NO5/c16-12-4-2-1-3-5-13(12)20-14(17)10-6-8-11(9-7-10)15(18)19/h1-9H. The highest BCUT2D eigenvalue weighted by Gasteiger charge is 2.12. The third kappa shape index (κ3) is 3.05. The molecule has 0 aliphatic carbocycles. The van der Waals surface area contributed by atoms with E-state index in [1.807, 2.05) is 0 Å². The molecule has 6 nitrogen and oxygen atoms in total. The summed E-state index contributed by atoms with van der Waals surface area (Å²) in [4.78, 5) is 33.3. The zero-order valence-corrected chi connectivity index (χ0v) is 10.2. The van der Waals surface area contributed by atoms with Crippen LogP contribution in [-0.2, 0) is 0 Å². The van der Waals surface area contributed by atoms with Crippen molar-refractivity contribution in [3.63, 3.8) is 0 Å². The monoisotopic (exact) mass is 271 g/mol. The first kappa shape index (κ1) is 13.4. The number of nitro groups is 1. The molecule has 100 valence electrons. The lowest BCUT2D eigenvalue weighted by Crippen LogP contribution is -2.13. The quantitative estimate of drug-likeness (QED) is 0.485. The molecule has 0 heterocycles. The molecule has 2 aromatic rings. The van der Waals surface area contributed by atoms with Gasteiger partial charge >= 0.3 is 5.97 Å². The van der Waals surface area contributed by atoms with Crippen LogP contribution in [0.2, 0.25) is 0 Å². The SMILES string of the molecule is O=C(Oc1cccccc1=O)c1ccc([N+](=O)[O-])cc1. The lowest BCUT2D eigenvalue weighted by atomic mass is 10.2. The number of hydrogen-bond donors (Lipinski definition) is 0. The number of non-ortho nitro benzene ring substituents is 1. The minimum Gasteiger partial charge on any atom is -0.419 e. The van der Waals surface area contributed by atoms with Gasteiger partial charge in [0.15, 0.2) is 5.75 Å². The molecule has 0 amide bonds. The topological polar surface area (TPSA) is 86.5 Å². The van der Waals surface area contributed by atoms with E-state index in [-0.39, 0.29) is 17.0 Å². The van der Waals surface area contributed by atoms with E-state index in [0.29, 0.717) is 0 Å². The van der Waals surface area contributed by atoms with Crippen molar-refractivity contribution < 1.29 is 14.5 Å². The second-order valence-corrected chi connectivity index (χ2v) is 3.83. The number of carbonyl (C=O) groups is 1. The van der Waals surface area contributed by atoms with Crippen molar-refractivity contribution >= 4 is 11.7 Å². The minimum atomic E-state index is -0.747. The first-order chi connectivity index (χ1) is 9.58. The number of carbonyl (C=O) groups excluding carboxylic acids is 1. The van der Waals surface area contributed by atoms with Crippen LogP contribution in [0.15, 0.2) is 59.4 Å². The van der Waals surface area contributed by atoms with Crippen molar-refractivity contribution in [1.82, 2.24) is 0 Å². The van der Waals surface area contributed by atoms with Gasteiger partial charge in [-0.05, 0) is 24.3 Å². The highest BCUT2D eigenvalue weighted by Crippen LogP contribution is 2.13. The molecule has 20 heavy (non-hydrogen) atoms. The van der Waals surface area contributed by atoms with Crippen LogP contribution < -0.4 is 10.2 Å². The molecule has 0 saturated heterocycles. The Bertz CT molecular complexity index is 709. The number of ether oxygens (including phenoxy) is 1. The highest BCUT2D eigenvalue weighted by atomic mass is 16.6. The van der Waals surface area contributed by atoms with Crippen LogP contribution in [0.5, 0.6) is 5.75 Å². The van der Waals surface area contributed by atoms with Gasteiger partial charge in [0.25, 0.3) is 5.69 Å². The Morgan fingerprint density at radius 3 is 2.30 bits per heavy atom. The van der Waals surface area contributed by atoms with Crippen molar-refractivity contribution in [2.75, 3.05) is 0 Å². The van der Waals surface area contributed by atoms with Gasteiger partial charge in [-0.3, -0.25) is 14.9 Å². The van der Waals surface area contributed by atoms with Crippen molar-refractivity contribution in [2.24, 2.45) is 0 Å². The van der Waals surface area contributed by atoms with Crippen molar-refractivity contribution in [3.05, 3.63) is 80.5 Å². The normalized spacial score (nSPS) is 9.80. The number of esters is 1. The zero-order chi connectivity index (χ0) is 14.5. The maximum Gasteiger partial charge on any atom is 0.343 e. The lowest BCUT2D eigenvalue weighted by molar-refractivity contribution is -0.384. The average molecular weight is 271 g/mol. The molecule has 0 spiro atoms. The number of hydrogen-bond acceptors (Lipinski definition) is 5. The molecule has 0 fully saturated rings. The molecule has 0 N–H and O–H groups in total. The smallest absolute Gasteiger partial charge is 0.343 e. The summed E-state index contributed by atoms with van der Waals surface area (Å²) in [6.45, 7) is 0. The molecule has 6 heteroatoms. The fraction of sp³-hybridized carbons (Fsp3) is 0. The van der Waals surface area contributed by atoms with Gasteiger partial charge in [-0.1, -0.05) is 18.2 Å². The van der Waals surface area contributed by atoms with Crippen LogP contribution in [0.25, 0.3) is 0 Å². The van der Waals surface area contributed by atoms with Gasteiger partial charge < -0.3 is 4.74 Å². The summed E-state index contributed by atoms with van der Waals surface area (Å²) >= 11 is 0. The molecule has 0 saturated carbocycles. The van der Waals surface area contributed by atoms with Crippen LogP contribution in [0, 0.1) is 10.1 Å². The maximum absolute atomic E-state index is 11.8. The third-order valence-electron chi connectivity index (χ3n) is 2.48. The molecule has 2 aromatic carbocycles. The molecule has 0 aliphatic heterocycles. The summed E-state index contributed by atoms with van der Waals surface area (Å²) in [6.07, 6.45) is 0. The van der Waals surface area contributed by atoms with Gasteiger partial charge in [0, 0.05) is 12.1 Å². The molecule has 0 bridgehead atoms. The average Bonchev–Trinajstić information content (AvgIpc) is 2.64. The first-order valence-electron chi connectivity index (χ1n) is 5.64. The van der Waals surface area contributed by atoms with E-state index < -0.39 is 16.3 Å². The minimum absolute atomic E-state index is 0.0987. The van der Waals surface area contributed by atoms with Crippen molar-refractivity contribution in [1.29, 1.82) is 0 Å². The van der Waals surface area contributed by atoms with Gasteiger partial charge in [0.1, 0.15) is 0 Å². The summed E-state index contributed by atoms with van der Waals surface area (Å²) in [5, 5.41) is 10.5. The van der Waals surface area contributed by atoms with Crippen LogP contribution in [0.4, 0.5) is 5.69 Å². The molecule has 2 rings (SSSR count). The molecular formula is C14H9NO5. The van der Waals surface area contributed by atoms with E-state index in [9.17, 15) is 19.7 Å². The Hall–Kier alpha value is -3.02. The van der Waals surface area contributed by atoms with E-state index >= 15 is 0 Å². The predicted molar refractivity (Wildman–Crippen MR) is 70.8 cm³/mol. The van der Waals surface area contributed by atoms with E-state index in [4.69, 9.17) is 4.74 Å².